The van der Waals surface area contributed by atoms with Gasteiger partial charge in [-0.25, -0.2) is 9.97 Å². The van der Waals surface area contributed by atoms with Crippen molar-refractivity contribution >= 4 is 87.2 Å². The van der Waals surface area contributed by atoms with Crippen molar-refractivity contribution in [2.24, 2.45) is 0 Å². The summed E-state index contributed by atoms with van der Waals surface area (Å²) in [7, 11) is 0. The molecule has 0 unspecified atom stereocenters. The van der Waals surface area contributed by atoms with E-state index in [1.54, 1.807) is 0 Å². The van der Waals surface area contributed by atoms with Gasteiger partial charge in [-0.1, -0.05) is 431 Å². The minimum Gasteiger partial charge on any atom is -0.307 e. The molecule has 0 amide bonds. The van der Waals surface area contributed by atoms with Crippen LogP contribution in [-0.2, 0) is 0 Å². The number of aromatic nitrogens is 10. The van der Waals surface area contributed by atoms with Crippen molar-refractivity contribution in [1.82, 2.24) is 48.2 Å². The number of hydrogen-bond acceptors (Lipinski definition) is 6. The van der Waals surface area contributed by atoms with Gasteiger partial charge in [0, 0.05) is 87.8 Å². The summed E-state index contributed by atoms with van der Waals surface area (Å²) in [5, 5.41) is 9.11. The molecule has 10 heteroatoms. The standard InChI is InChI=1S/C69H45N5.C57H37N5/c1-6-22-46(23-7-1)52-30-20-31-53(44-52)48-40-42-51(43-41-48)68-70-67(50-28-12-4-13-29-50)71-69(72-68)74-60-39-19-17-37-58(60)64-62(55-33-21-32-54(45-55)47-24-8-2-9-25-47)61(49-26-10-3-11-27-49)63-57-36-16-18-38-59(57)73(65(63)66(64)74)56-34-14-5-15-35-56;1-5-17-38(18-6-1)39-29-31-40(32-30-39)41-33-35-44(36-34-41)56-58-55(43-21-9-3-10-22-43)59-57(60-56)62-50-27-15-13-25-46(50)49-37-48(42-19-7-2-8-20-42)52-47-26-14-16-28-51(47)61(54(52)53(49)62)45-23-11-4-12-24-45/h1-45H;1-37H. The number of fused-ring (bicyclic) bond motifs is 14. The smallest absolute Gasteiger partial charge is 0.238 e. The third-order valence-electron chi connectivity index (χ3n) is 26.4. The van der Waals surface area contributed by atoms with Gasteiger partial charge in [-0.05, 0) is 145 Å². The van der Waals surface area contributed by atoms with Crippen molar-refractivity contribution in [1.29, 1.82) is 0 Å². The van der Waals surface area contributed by atoms with Gasteiger partial charge in [-0.15, -0.1) is 0 Å². The van der Waals surface area contributed by atoms with Crippen molar-refractivity contribution in [3.05, 3.63) is 497 Å². The second kappa shape index (κ2) is 34.2. The molecule has 20 aromatic carbocycles. The zero-order valence-electron chi connectivity index (χ0n) is 73.8. The van der Waals surface area contributed by atoms with Crippen molar-refractivity contribution in [3.8, 4) is 158 Å². The molecular formula is C126H82N10. The molecule has 26 rings (SSSR count). The van der Waals surface area contributed by atoms with Gasteiger partial charge in [0.15, 0.2) is 23.3 Å². The van der Waals surface area contributed by atoms with E-state index in [-0.39, 0.29) is 0 Å². The van der Waals surface area contributed by atoms with Gasteiger partial charge >= 0.3 is 0 Å². The van der Waals surface area contributed by atoms with Crippen LogP contribution in [0.4, 0.5) is 0 Å². The molecule has 0 aliphatic carbocycles. The van der Waals surface area contributed by atoms with Crippen molar-refractivity contribution < 1.29 is 0 Å². The molecule has 6 aromatic heterocycles. The lowest BCUT2D eigenvalue weighted by atomic mass is 9.86. The molecule has 26 aromatic rings. The maximum atomic E-state index is 5.56. The zero-order chi connectivity index (χ0) is 89.9. The first kappa shape index (κ1) is 79.8. The highest BCUT2D eigenvalue weighted by molar-refractivity contribution is 6.34. The third-order valence-corrected chi connectivity index (χ3v) is 26.4. The van der Waals surface area contributed by atoms with Gasteiger partial charge in [-0.2, -0.15) is 19.9 Å². The molecule has 0 spiro atoms. The van der Waals surface area contributed by atoms with E-state index in [9.17, 15) is 0 Å². The molecule has 0 aliphatic rings. The number of nitrogens with zero attached hydrogens (tertiary/aromatic N) is 10. The van der Waals surface area contributed by atoms with Crippen molar-refractivity contribution in [2.45, 2.75) is 0 Å². The fourth-order valence-electron chi connectivity index (χ4n) is 20.1. The van der Waals surface area contributed by atoms with Crippen LogP contribution >= 0.6 is 0 Å². The predicted octanol–water partition coefficient (Wildman–Crippen LogP) is 32.1. The van der Waals surface area contributed by atoms with E-state index in [0.29, 0.717) is 35.2 Å². The molecule has 0 aliphatic heterocycles. The van der Waals surface area contributed by atoms with Gasteiger partial charge < -0.3 is 9.13 Å². The Balaban J connectivity index is 0.000000147. The Hall–Kier alpha value is -18.4. The Labute approximate surface area is 785 Å². The number of rotatable bonds is 16. The van der Waals surface area contributed by atoms with Gasteiger partial charge in [0.2, 0.25) is 11.9 Å². The summed E-state index contributed by atoms with van der Waals surface area (Å²) in [5.41, 5.74) is 32.7. The van der Waals surface area contributed by atoms with E-state index in [1.807, 2.05) is 42.5 Å². The third kappa shape index (κ3) is 14.2. The number of para-hydroxylation sites is 6. The average molecular weight is 1740 g/mol. The van der Waals surface area contributed by atoms with Crippen molar-refractivity contribution in [2.75, 3.05) is 0 Å². The summed E-state index contributed by atoms with van der Waals surface area (Å²) in [6.07, 6.45) is 0. The highest BCUT2D eigenvalue weighted by atomic mass is 15.2. The lowest BCUT2D eigenvalue weighted by Gasteiger charge is -2.19. The van der Waals surface area contributed by atoms with E-state index in [2.05, 4.69) is 473 Å². The molecule has 6 heterocycles. The van der Waals surface area contributed by atoms with Gasteiger partial charge in [0.1, 0.15) is 0 Å². The Morgan fingerprint density at radius 2 is 0.382 bits per heavy atom. The van der Waals surface area contributed by atoms with Crippen LogP contribution in [0.1, 0.15) is 0 Å². The van der Waals surface area contributed by atoms with E-state index < -0.39 is 0 Å². The summed E-state index contributed by atoms with van der Waals surface area (Å²) in [6.45, 7) is 0. The SMILES string of the molecule is c1ccc(-c2ccc(-c3ccc(-c4nc(-c5ccccc5)nc(-n5c6ccccc6c6cc(-c7ccccc7)c7c8ccccc8n(-c8ccccc8)c7c65)n4)cc3)cc2)cc1.c1ccc(-c2cccc(-c3ccc(-c4nc(-c5ccccc5)nc(-n5c6ccccc6c6c(-c7cccc(-c8ccccc8)c7)c(-c7ccccc7)c7c8ccccc8n(-c8ccccc8)c7c65)n4)cc3)c2)cc1. The molecule has 636 valence electrons. The van der Waals surface area contributed by atoms with Crippen LogP contribution in [0, 0.1) is 0 Å². The van der Waals surface area contributed by atoms with Crippen LogP contribution in [0.5, 0.6) is 0 Å². The highest BCUT2D eigenvalue weighted by Gasteiger charge is 2.32. The maximum Gasteiger partial charge on any atom is 0.238 e. The fourth-order valence-corrected chi connectivity index (χ4v) is 20.1. The summed E-state index contributed by atoms with van der Waals surface area (Å²) >= 11 is 0. The van der Waals surface area contributed by atoms with E-state index in [0.717, 1.165) is 166 Å². The zero-order valence-corrected chi connectivity index (χ0v) is 73.8. The average Bonchev–Trinajstić information content (AvgIpc) is 1.50. The molecule has 0 N–H and O–H groups in total. The minimum absolute atomic E-state index is 0.530. The molecule has 10 nitrogen and oxygen atoms in total. The molecule has 0 saturated carbocycles. The summed E-state index contributed by atoms with van der Waals surface area (Å²) in [4.78, 5) is 32.3. The Morgan fingerprint density at radius 1 is 0.140 bits per heavy atom. The lowest BCUT2D eigenvalue weighted by Crippen LogP contribution is -2.07. The van der Waals surface area contributed by atoms with E-state index in [1.165, 1.54) is 44.2 Å². The molecular weight excluding hydrogens is 1650 g/mol. The van der Waals surface area contributed by atoms with Crippen LogP contribution in [0.25, 0.3) is 245 Å². The molecule has 0 saturated heterocycles. The first-order valence-electron chi connectivity index (χ1n) is 46.1. The summed E-state index contributed by atoms with van der Waals surface area (Å²) < 4.78 is 9.44. The van der Waals surface area contributed by atoms with Crippen LogP contribution in [0.15, 0.2) is 497 Å². The van der Waals surface area contributed by atoms with Crippen LogP contribution in [0.3, 0.4) is 0 Å². The number of hydrogen-bond donors (Lipinski definition) is 0. The normalized spacial score (nSPS) is 11.5. The lowest BCUT2D eigenvalue weighted by molar-refractivity contribution is 0.953. The largest absolute Gasteiger partial charge is 0.307 e. The van der Waals surface area contributed by atoms with Gasteiger partial charge in [-0.3, -0.25) is 9.13 Å². The second-order valence-electron chi connectivity index (χ2n) is 34.3. The van der Waals surface area contributed by atoms with E-state index in [4.69, 9.17) is 29.9 Å². The van der Waals surface area contributed by atoms with Crippen LogP contribution in [0.2, 0.25) is 0 Å². The quantitative estimate of drug-likeness (QED) is 0.0956. The first-order chi connectivity index (χ1) is 67.5. The molecule has 0 bridgehead atoms. The van der Waals surface area contributed by atoms with Crippen LogP contribution < -0.4 is 0 Å². The first-order valence-corrected chi connectivity index (χ1v) is 46.1. The topological polar surface area (TPSA) is 97.1 Å². The summed E-state index contributed by atoms with van der Waals surface area (Å²) in [6, 6.07) is 176. The second-order valence-corrected chi connectivity index (χ2v) is 34.3. The molecule has 0 atom stereocenters. The molecule has 0 fully saturated rings. The van der Waals surface area contributed by atoms with Gasteiger partial charge in [0.25, 0.3) is 0 Å². The van der Waals surface area contributed by atoms with Crippen LogP contribution in [-0.4, -0.2) is 48.2 Å². The Morgan fingerprint density at radius 3 is 0.787 bits per heavy atom. The van der Waals surface area contributed by atoms with Crippen molar-refractivity contribution in [3.63, 3.8) is 0 Å². The summed E-state index contributed by atoms with van der Waals surface area (Å²) in [5.74, 6) is 3.47. The molecule has 136 heavy (non-hydrogen) atoms. The van der Waals surface area contributed by atoms with E-state index >= 15 is 0 Å². The predicted molar refractivity (Wildman–Crippen MR) is 562 cm³/mol. The maximum absolute atomic E-state index is 5.56. The Bertz CT molecular complexity index is 9000. The molecule has 0 radical (unpaired) electrons. The monoisotopic (exact) mass is 1730 g/mol. The highest BCUT2D eigenvalue weighted by Crippen LogP contribution is 2.54. The fraction of sp³-hybridized carbons (Fsp3) is 0. The van der Waals surface area contributed by atoms with Gasteiger partial charge in [0.05, 0.1) is 44.1 Å². The minimum atomic E-state index is 0.530. The Kier molecular flexibility index (Phi) is 20.0. The number of benzene rings is 20.